The number of nitrogen functional groups attached to an aromatic ring is 1. The van der Waals surface area contributed by atoms with Crippen molar-refractivity contribution >= 4 is 23.1 Å². The molecule has 0 spiro atoms. The zero-order chi connectivity index (χ0) is 12.6. The first-order valence-electron chi connectivity index (χ1n) is 5.22. The monoisotopic (exact) mass is 231 g/mol. The molecule has 0 fully saturated rings. The number of nitrogens with zero attached hydrogens (tertiary/aromatic N) is 1. The molecular formula is C12H13N3O2. The van der Waals surface area contributed by atoms with E-state index in [4.69, 9.17) is 5.73 Å². The van der Waals surface area contributed by atoms with Crippen LogP contribution in [-0.2, 0) is 4.79 Å². The summed E-state index contributed by atoms with van der Waals surface area (Å²) in [6.45, 7) is 3.34. The molecule has 0 aromatic heterocycles. The Labute approximate surface area is 98.7 Å². The zero-order valence-electron chi connectivity index (χ0n) is 9.65. The maximum absolute atomic E-state index is 12.2. The van der Waals surface area contributed by atoms with Crippen molar-refractivity contribution in [2.75, 3.05) is 5.73 Å². The molecule has 2 rings (SSSR count). The first-order valence-corrected chi connectivity index (χ1v) is 5.22. The number of hydrogen-bond acceptors (Lipinski definition) is 4. The molecule has 1 aliphatic heterocycles. The second-order valence-electron chi connectivity index (χ2n) is 4.48. The van der Waals surface area contributed by atoms with E-state index < -0.39 is 5.41 Å². The van der Waals surface area contributed by atoms with E-state index in [0.29, 0.717) is 11.3 Å². The summed E-state index contributed by atoms with van der Waals surface area (Å²) in [5, 5.41) is 3.80. The minimum Gasteiger partial charge on any atom is -0.399 e. The number of hydrogen-bond donors (Lipinski definition) is 2. The molecule has 0 unspecified atom stereocenters. The highest BCUT2D eigenvalue weighted by Gasteiger charge is 2.42. The lowest BCUT2D eigenvalue weighted by Crippen LogP contribution is -2.35. The van der Waals surface area contributed by atoms with Crippen LogP contribution >= 0.6 is 0 Å². The van der Waals surface area contributed by atoms with Gasteiger partial charge in [-0.3, -0.25) is 9.59 Å². The van der Waals surface area contributed by atoms with Gasteiger partial charge in [0.1, 0.15) is 5.71 Å². The van der Waals surface area contributed by atoms with Crippen molar-refractivity contribution in [1.29, 1.82) is 0 Å². The molecule has 0 saturated heterocycles. The third-order valence-corrected chi connectivity index (χ3v) is 2.82. The number of benzene rings is 1. The third kappa shape index (κ3) is 1.80. The van der Waals surface area contributed by atoms with Gasteiger partial charge in [-0.1, -0.05) is 0 Å². The van der Waals surface area contributed by atoms with Gasteiger partial charge >= 0.3 is 0 Å². The molecule has 1 aromatic rings. The second-order valence-corrected chi connectivity index (χ2v) is 4.48. The molecule has 17 heavy (non-hydrogen) atoms. The molecule has 5 nitrogen and oxygen atoms in total. The molecule has 0 saturated carbocycles. The minimum absolute atomic E-state index is 0.229. The summed E-state index contributed by atoms with van der Waals surface area (Å²) in [4.78, 5) is 23.7. The van der Waals surface area contributed by atoms with Crippen LogP contribution in [0.4, 0.5) is 5.69 Å². The number of carbonyl (C=O) groups excluding carboxylic acids is 2. The maximum atomic E-state index is 12.2. The fourth-order valence-electron chi connectivity index (χ4n) is 1.60. The molecule has 0 aliphatic carbocycles. The molecule has 0 bridgehead atoms. The molecule has 0 radical (unpaired) electrons. The normalized spacial score (nSPS) is 17.5. The Bertz CT molecular complexity index is 515. The average Bonchev–Trinajstić information content (AvgIpc) is 2.54. The summed E-state index contributed by atoms with van der Waals surface area (Å²) >= 11 is 0. The Morgan fingerprint density at radius 3 is 2.35 bits per heavy atom. The Kier molecular flexibility index (Phi) is 2.46. The van der Waals surface area contributed by atoms with Crippen molar-refractivity contribution in [2.45, 2.75) is 13.8 Å². The third-order valence-electron chi connectivity index (χ3n) is 2.82. The quantitative estimate of drug-likeness (QED) is 0.587. The SMILES string of the molecule is CC1(C)C(=O)NN=C1C(=O)c1ccc(N)cc1. The Morgan fingerprint density at radius 1 is 1.29 bits per heavy atom. The van der Waals surface area contributed by atoms with Crippen LogP contribution in [0.15, 0.2) is 29.4 Å². The van der Waals surface area contributed by atoms with E-state index in [1.807, 2.05) is 0 Å². The number of rotatable bonds is 2. The predicted octanol–water partition coefficient (Wildman–Crippen LogP) is 0.964. The summed E-state index contributed by atoms with van der Waals surface area (Å²) < 4.78 is 0. The predicted molar refractivity (Wildman–Crippen MR) is 64.5 cm³/mol. The molecule has 1 heterocycles. The van der Waals surface area contributed by atoms with Crippen LogP contribution in [0.1, 0.15) is 24.2 Å². The van der Waals surface area contributed by atoms with Crippen LogP contribution in [0.25, 0.3) is 0 Å². The number of hydrazone groups is 1. The van der Waals surface area contributed by atoms with Gasteiger partial charge in [0.05, 0.1) is 5.41 Å². The van der Waals surface area contributed by atoms with Crippen LogP contribution in [0.2, 0.25) is 0 Å². The molecule has 1 aliphatic rings. The lowest BCUT2D eigenvalue weighted by molar-refractivity contribution is -0.125. The summed E-state index contributed by atoms with van der Waals surface area (Å²) in [6.07, 6.45) is 0. The van der Waals surface area contributed by atoms with Crippen LogP contribution in [0.5, 0.6) is 0 Å². The highest BCUT2D eigenvalue weighted by molar-refractivity contribution is 6.51. The number of carbonyl (C=O) groups is 2. The number of Topliss-reactive ketones (excluding diaryl/α,β-unsaturated/α-hetero) is 1. The highest BCUT2D eigenvalue weighted by atomic mass is 16.2. The van der Waals surface area contributed by atoms with Gasteiger partial charge in [-0.05, 0) is 38.1 Å². The van der Waals surface area contributed by atoms with Gasteiger partial charge in [0, 0.05) is 11.3 Å². The molecule has 1 amide bonds. The number of nitrogens with two attached hydrogens (primary N) is 1. The average molecular weight is 231 g/mol. The van der Waals surface area contributed by atoms with Crippen LogP contribution in [-0.4, -0.2) is 17.4 Å². The van der Waals surface area contributed by atoms with Gasteiger partial charge in [0.25, 0.3) is 5.91 Å². The Balaban J connectivity index is 2.34. The molecule has 1 aromatic carbocycles. The topological polar surface area (TPSA) is 84.5 Å². The van der Waals surface area contributed by atoms with Crippen molar-refractivity contribution in [3.05, 3.63) is 29.8 Å². The molecule has 3 N–H and O–H groups in total. The summed E-state index contributed by atoms with van der Waals surface area (Å²) in [6, 6.07) is 6.54. The second kappa shape index (κ2) is 3.69. The van der Waals surface area contributed by atoms with Crippen LogP contribution in [0.3, 0.4) is 0 Å². The van der Waals surface area contributed by atoms with E-state index >= 15 is 0 Å². The molecular weight excluding hydrogens is 218 g/mol. The number of anilines is 1. The fraction of sp³-hybridized carbons (Fsp3) is 0.250. The standard InChI is InChI=1S/C12H13N3O2/c1-12(2)10(14-15-11(12)17)9(16)7-3-5-8(13)6-4-7/h3-6H,13H2,1-2H3,(H,15,17). The van der Waals surface area contributed by atoms with E-state index in [9.17, 15) is 9.59 Å². The summed E-state index contributed by atoms with van der Waals surface area (Å²) in [5.74, 6) is -0.523. The maximum Gasteiger partial charge on any atom is 0.251 e. The summed E-state index contributed by atoms with van der Waals surface area (Å²) in [7, 11) is 0. The fourth-order valence-corrected chi connectivity index (χ4v) is 1.60. The van der Waals surface area contributed by atoms with Gasteiger partial charge in [-0.25, -0.2) is 5.43 Å². The van der Waals surface area contributed by atoms with Crippen LogP contribution < -0.4 is 11.2 Å². The van der Waals surface area contributed by atoms with E-state index in [1.165, 1.54) is 0 Å². The van der Waals surface area contributed by atoms with Gasteiger partial charge in [0.2, 0.25) is 5.78 Å². The molecule has 0 atom stereocenters. The van der Waals surface area contributed by atoms with Gasteiger partial charge in [-0.15, -0.1) is 0 Å². The number of nitrogens with one attached hydrogen (secondary N) is 1. The molecule has 5 heteroatoms. The van der Waals surface area contributed by atoms with E-state index in [0.717, 1.165) is 0 Å². The van der Waals surface area contributed by atoms with Crippen molar-refractivity contribution in [1.82, 2.24) is 5.43 Å². The van der Waals surface area contributed by atoms with Crippen molar-refractivity contribution in [2.24, 2.45) is 10.5 Å². The van der Waals surface area contributed by atoms with E-state index in [2.05, 4.69) is 10.5 Å². The van der Waals surface area contributed by atoms with E-state index in [1.54, 1.807) is 38.1 Å². The van der Waals surface area contributed by atoms with Crippen molar-refractivity contribution < 1.29 is 9.59 Å². The lowest BCUT2D eigenvalue weighted by atomic mass is 9.83. The number of ketones is 1. The zero-order valence-corrected chi connectivity index (χ0v) is 9.65. The Hall–Kier alpha value is -2.17. The smallest absolute Gasteiger partial charge is 0.251 e. The first-order chi connectivity index (χ1) is 7.93. The Morgan fingerprint density at radius 2 is 1.88 bits per heavy atom. The first kappa shape index (κ1) is 11.3. The van der Waals surface area contributed by atoms with Gasteiger partial charge < -0.3 is 5.73 Å². The highest BCUT2D eigenvalue weighted by Crippen LogP contribution is 2.25. The van der Waals surface area contributed by atoms with Crippen molar-refractivity contribution in [3.63, 3.8) is 0 Å². The van der Waals surface area contributed by atoms with Crippen LogP contribution in [0, 0.1) is 5.41 Å². The lowest BCUT2D eigenvalue weighted by Gasteiger charge is -2.15. The minimum atomic E-state index is -0.890. The molecule has 88 valence electrons. The van der Waals surface area contributed by atoms with Gasteiger partial charge in [-0.2, -0.15) is 5.10 Å². The number of amides is 1. The van der Waals surface area contributed by atoms with E-state index in [-0.39, 0.29) is 17.4 Å². The largest absolute Gasteiger partial charge is 0.399 e. The van der Waals surface area contributed by atoms with Gasteiger partial charge in [0.15, 0.2) is 0 Å². The summed E-state index contributed by atoms with van der Waals surface area (Å²) in [5.41, 5.74) is 8.27. The van der Waals surface area contributed by atoms with Crippen molar-refractivity contribution in [3.8, 4) is 0 Å².